The topological polar surface area (TPSA) is 26.0 Å². The standard InChI is InChI=1S/C16H29N/c1-2-15-10-12-16(13-11-15)9-7-5-3-4-6-8-14-17/h4,6,8,14-16H,2-3,5,7,9-13,17H2,1H3/b6-4-,14-8-. The van der Waals surface area contributed by atoms with Crippen molar-refractivity contribution in [3.63, 3.8) is 0 Å². The summed E-state index contributed by atoms with van der Waals surface area (Å²) >= 11 is 0. The van der Waals surface area contributed by atoms with Gasteiger partial charge in [0, 0.05) is 0 Å². The molecule has 0 aromatic heterocycles. The Labute approximate surface area is 107 Å². The van der Waals surface area contributed by atoms with Crippen LogP contribution >= 0.6 is 0 Å². The number of allylic oxidation sites excluding steroid dienone is 3. The van der Waals surface area contributed by atoms with E-state index in [9.17, 15) is 0 Å². The van der Waals surface area contributed by atoms with Crippen molar-refractivity contribution in [1.29, 1.82) is 0 Å². The van der Waals surface area contributed by atoms with E-state index in [1.54, 1.807) is 6.20 Å². The zero-order valence-corrected chi connectivity index (χ0v) is 11.4. The minimum atomic E-state index is 1.03. The largest absolute Gasteiger partial charge is 0.405 e. The Kier molecular flexibility index (Phi) is 7.87. The van der Waals surface area contributed by atoms with Gasteiger partial charge in [0.2, 0.25) is 0 Å². The third kappa shape index (κ3) is 6.55. The van der Waals surface area contributed by atoms with Crippen molar-refractivity contribution in [2.75, 3.05) is 0 Å². The molecule has 2 N–H and O–H groups in total. The molecule has 0 aliphatic heterocycles. The first-order chi connectivity index (χ1) is 8.36. The second-order valence-corrected chi connectivity index (χ2v) is 5.39. The Morgan fingerprint density at radius 2 is 1.71 bits per heavy atom. The van der Waals surface area contributed by atoms with Crippen LogP contribution in [0.5, 0.6) is 0 Å². The molecule has 1 heteroatoms. The lowest BCUT2D eigenvalue weighted by Crippen LogP contribution is -2.13. The van der Waals surface area contributed by atoms with E-state index in [1.165, 1.54) is 57.8 Å². The first kappa shape index (κ1) is 14.3. The van der Waals surface area contributed by atoms with E-state index in [0.717, 1.165) is 11.8 Å². The van der Waals surface area contributed by atoms with Crippen molar-refractivity contribution in [2.45, 2.75) is 64.7 Å². The minimum Gasteiger partial charge on any atom is -0.405 e. The van der Waals surface area contributed by atoms with Gasteiger partial charge in [-0.25, -0.2) is 0 Å². The van der Waals surface area contributed by atoms with Gasteiger partial charge in [0.25, 0.3) is 0 Å². The maximum Gasteiger partial charge on any atom is -0.00625 e. The summed E-state index contributed by atoms with van der Waals surface area (Å²) in [5, 5.41) is 0. The Morgan fingerprint density at radius 1 is 1.00 bits per heavy atom. The van der Waals surface area contributed by atoms with Crippen molar-refractivity contribution >= 4 is 0 Å². The molecule has 0 radical (unpaired) electrons. The first-order valence-electron chi connectivity index (χ1n) is 7.40. The van der Waals surface area contributed by atoms with Crippen LogP contribution in [0.25, 0.3) is 0 Å². The van der Waals surface area contributed by atoms with Crippen LogP contribution in [0.2, 0.25) is 0 Å². The Hall–Kier alpha value is -0.720. The smallest absolute Gasteiger partial charge is 0.00625 e. The van der Waals surface area contributed by atoms with Gasteiger partial charge in [-0.05, 0) is 37.0 Å². The lowest BCUT2D eigenvalue weighted by Gasteiger charge is -2.27. The van der Waals surface area contributed by atoms with Crippen molar-refractivity contribution < 1.29 is 0 Å². The Bertz CT molecular complexity index is 222. The van der Waals surface area contributed by atoms with Gasteiger partial charge in [-0.2, -0.15) is 0 Å². The fourth-order valence-corrected chi connectivity index (χ4v) is 2.86. The SMILES string of the molecule is CCC1CCC(CCCC/C=C\C=C/N)CC1. The van der Waals surface area contributed by atoms with E-state index in [2.05, 4.69) is 13.0 Å². The van der Waals surface area contributed by atoms with Crippen LogP contribution < -0.4 is 5.73 Å². The van der Waals surface area contributed by atoms with Crippen molar-refractivity contribution in [1.82, 2.24) is 0 Å². The number of hydrogen-bond donors (Lipinski definition) is 1. The second-order valence-electron chi connectivity index (χ2n) is 5.39. The van der Waals surface area contributed by atoms with E-state index >= 15 is 0 Å². The summed E-state index contributed by atoms with van der Waals surface area (Å²) in [4.78, 5) is 0. The monoisotopic (exact) mass is 235 g/mol. The van der Waals surface area contributed by atoms with Gasteiger partial charge in [-0.15, -0.1) is 0 Å². The summed E-state index contributed by atoms with van der Waals surface area (Å²) < 4.78 is 0. The van der Waals surface area contributed by atoms with E-state index in [1.807, 2.05) is 12.2 Å². The molecule has 0 bridgehead atoms. The zero-order chi connectivity index (χ0) is 12.3. The Morgan fingerprint density at radius 3 is 2.35 bits per heavy atom. The van der Waals surface area contributed by atoms with Crippen molar-refractivity contribution in [2.24, 2.45) is 17.6 Å². The molecule has 1 fully saturated rings. The highest BCUT2D eigenvalue weighted by molar-refractivity contribution is 5.00. The number of nitrogens with two attached hydrogens (primary N) is 1. The predicted octanol–water partition coefficient (Wildman–Crippen LogP) is 4.79. The van der Waals surface area contributed by atoms with Gasteiger partial charge in [-0.3, -0.25) is 0 Å². The van der Waals surface area contributed by atoms with Gasteiger partial charge in [0.1, 0.15) is 0 Å². The van der Waals surface area contributed by atoms with Gasteiger partial charge in [0.05, 0.1) is 0 Å². The minimum absolute atomic E-state index is 1.03. The van der Waals surface area contributed by atoms with Crippen molar-refractivity contribution in [3.8, 4) is 0 Å². The van der Waals surface area contributed by atoms with Crippen LogP contribution in [0.4, 0.5) is 0 Å². The molecule has 0 unspecified atom stereocenters. The molecule has 1 aliphatic carbocycles. The molecule has 1 saturated carbocycles. The van der Waals surface area contributed by atoms with Gasteiger partial charge in [-0.1, -0.05) is 64.0 Å². The zero-order valence-electron chi connectivity index (χ0n) is 11.4. The molecule has 1 rings (SSSR count). The quantitative estimate of drug-likeness (QED) is 0.498. The summed E-state index contributed by atoms with van der Waals surface area (Å²) in [7, 11) is 0. The van der Waals surface area contributed by atoms with Gasteiger partial charge < -0.3 is 5.73 Å². The van der Waals surface area contributed by atoms with Gasteiger partial charge >= 0.3 is 0 Å². The summed E-state index contributed by atoms with van der Waals surface area (Å²) in [6, 6.07) is 0. The molecule has 0 spiro atoms. The van der Waals surface area contributed by atoms with E-state index in [4.69, 9.17) is 5.73 Å². The van der Waals surface area contributed by atoms with Crippen LogP contribution in [0.3, 0.4) is 0 Å². The van der Waals surface area contributed by atoms with Crippen LogP contribution in [0.15, 0.2) is 24.4 Å². The highest BCUT2D eigenvalue weighted by Crippen LogP contribution is 2.33. The van der Waals surface area contributed by atoms with Gasteiger partial charge in [0.15, 0.2) is 0 Å². The number of unbranched alkanes of at least 4 members (excludes halogenated alkanes) is 2. The number of rotatable bonds is 7. The molecule has 98 valence electrons. The molecule has 0 aromatic carbocycles. The van der Waals surface area contributed by atoms with E-state index in [0.29, 0.717) is 0 Å². The Balaban J connectivity index is 1.97. The average molecular weight is 235 g/mol. The predicted molar refractivity (Wildman–Crippen MR) is 76.7 cm³/mol. The molecule has 0 aromatic rings. The van der Waals surface area contributed by atoms with Crippen LogP contribution in [-0.4, -0.2) is 0 Å². The van der Waals surface area contributed by atoms with Crippen molar-refractivity contribution in [3.05, 3.63) is 24.4 Å². The average Bonchev–Trinajstić information content (AvgIpc) is 2.38. The first-order valence-corrected chi connectivity index (χ1v) is 7.40. The highest BCUT2D eigenvalue weighted by Gasteiger charge is 2.19. The normalized spacial score (nSPS) is 25.9. The van der Waals surface area contributed by atoms with E-state index < -0.39 is 0 Å². The molecule has 1 aliphatic rings. The summed E-state index contributed by atoms with van der Waals surface area (Å²) in [5.41, 5.74) is 5.26. The molecule has 17 heavy (non-hydrogen) atoms. The molecular weight excluding hydrogens is 206 g/mol. The third-order valence-electron chi connectivity index (χ3n) is 4.14. The molecule has 0 atom stereocenters. The van der Waals surface area contributed by atoms with Crippen LogP contribution in [0.1, 0.15) is 64.7 Å². The lowest BCUT2D eigenvalue weighted by atomic mass is 9.79. The summed E-state index contributed by atoms with van der Waals surface area (Å²) in [6.45, 7) is 2.34. The second kappa shape index (κ2) is 9.32. The molecule has 0 saturated heterocycles. The summed E-state index contributed by atoms with van der Waals surface area (Å²) in [5.74, 6) is 2.07. The third-order valence-corrected chi connectivity index (χ3v) is 4.14. The van der Waals surface area contributed by atoms with E-state index in [-0.39, 0.29) is 0 Å². The fraction of sp³-hybridized carbons (Fsp3) is 0.750. The summed E-state index contributed by atoms with van der Waals surface area (Å²) in [6.07, 6.45) is 20.5. The van der Waals surface area contributed by atoms with Crippen LogP contribution in [-0.2, 0) is 0 Å². The highest BCUT2D eigenvalue weighted by atomic mass is 14.5. The molecule has 1 nitrogen and oxygen atoms in total. The fourth-order valence-electron chi connectivity index (χ4n) is 2.86. The van der Waals surface area contributed by atoms with Crippen LogP contribution in [0, 0.1) is 11.8 Å². The molecule has 0 amide bonds. The maximum atomic E-state index is 5.26. The lowest BCUT2D eigenvalue weighted by molar-refractivity contribution is 0.254. The number of hydrogen-bond acceptors (Lipinski definition) is 1. The molecular formula is C16H29N. The maximum absolute atomic E-state index is 5.26. The molecule has 0 heterocycles.